The van der Waals surface area contributed by atoms with E-state index in [9.17, 15) is 14.7 Å². The molecule has 18 heavy (non-hydrogen) atoms. The average Bonchev–Trinajstić information content (AvgIpc) is 2.32. The van der Waals surface area contributed by atoms with E-state index >= 15 is 0 Å². The molecule has 6 nitrogen and oxygen atoms in total. The molecule has 1 saturated heterocycles. The van der Waals surface area contributed by atoms with Gasteiger partial charge in [-0.15, -0.1) is 0 Å². The zero-order chi connectivity index (χ0) is 13.7. The van der Waals surface area contributed by atoms with Crippen molar-refractivity contribution in [2.24, 2.45) is 5.92 Å². The number of urea groups is 1. The minimum Gasteiger partial charge on any atom is -0.393 e. The predicted molar refractivity (Wildman–Crippen MR) is 68.0 cm³/mol. The largest absolute Gasteiger partial charge is 0.393 e. The molecule has 0 aromatic carbocycles. The molecule has 1 aliphatic rings. The van der Waals surface area contributed by atoms with E-state index in [1.54, 1.807) is 13.8 Å². The number of piperidine rings is 1. The molecule has 104 valence electrons. The lowest BCUT2D eigenvalue weighted by molar-refractivity contribution is -0.126. The first-order valence-corrected chi connectivity index (χ1v) is 6.46. The number of aliphatic hydroxyl groups is 1. The standard InChI is InChI=1S/C12H23N3O3/c1-4-13-12(18)14-11(17)9(3)15-6-5-10(16)8(2)7-15/h8-10,16H,4-7H2,1-3H3,(H2,13,14,17,18). The van der Waals surface area contributed by atoms with E-state index in [4.69, 9.17) is 0 Å². The number of hydrogen-bond acceptors (Lipinski definition) is 4. The highest BCUT2D eigenvalue weighted by Crippen LogP contribution is 2.18. The minimum absolute atomic E-state index is 0.151. The maximum atomic E-state index is 11.8. The third-order valence-electron chi connectivity index (χ3n) is 3.39. The highest BCUT2D eigenvalue weighted by atomic mass is 16.3. The topological polar surface area (TPSA) is 81.7 Å². The maximum Gasteiger partial charge on any atom is 0.321 e. The molecule has 1 heterocycles. The lowest BCUT2D eigenvalue weighted by atomic mass is 9.95. The van der Waals surface area contributed by atoms with E-state index in [1.165, 1.54) is 0 Å². The second-order valence-corrected chi connectivity index (χ2v) is 4.85. The number of rotatable bonds is 3. The van der Waals surface area contributed by atoms with Gasteiger partial charge in [0.25, 0.3) is 0 Å². The van der Waals surface area contributed by atoms with Gasteiger partial charge in [-0.2, -0.15) is 0 Å². The quantitative estimate of drug-likeness (QED) is 0.660. The van der Waals surface area contributed by atoms with Crippen molar-refractivity contribution in [2.45, 2.75) is 39.3 Å². The van der Waals surface area contributed by atoms with Crippen molar-refractivity contribution < 1.29 is 14.7 Å². The molecule has 0 aromatic heterocycles. The van der Waals surface area contributed by atoms with Crippen LogP contribution in [0.3, 0.4) is 0 Å². The lowest BCUT2D eigenvalue weighted by Crippen LogP contribution is -2.53. The fourth-order valence-corrected chi connectivity index (χ4v) is 2.10. The third-order valence-corrected chi connectivity index (χ3v) is 3.39. The summed E-state index contributed by atoms with van der Waals surface area (Å²) < 4.78 is 0. The molecule has 0 radical (unpaired) electrons. The van der Waals surface area contributed by atoms with Crippen LogP contribution in [0.2, 0.25) is 0 Å². The molecule has 6 heteroatoms. The fraction of sp³-hybridized carbons (Fsp3) is 0.833. The number of nitrogens with one attached hydrogen (secondary N) is 2. The SMILES string of the molecule is CCNC(=O)NC(=O)C(C)N1CCC(O)C(C)C1. The van der Waals surface area contributed by atoms with Crippen LogP contribution in [0, 0.1) is 5.92 Å². The molecule has 1 aliphatic heterocycles. The molecule has 3 atom stereocenters. The smallest absolute Gasteiger partial charge is 0.321 e. The average molecular weight is 257 g/mol. The number of carbonyl (C=O) groups is 2. The van der Waals surface area contributed by atoms with Gasteiger partial charge >= 0.3 is 6.03 Å². The Labute approximate surface area is 108 Å². The summed E-state index contributed by atoms with van der Waals surface area (Å²) in [7, 11) is 0. The first kappa shape index (κ1) is 14.9. The van der Waals surface area contributed by atoms with Gasteiger partial charge in [-0.1, -0.05) is 6.92 Å². The fourth-order valence-electron chi connectivity index (χ4n) is 2.10. The Bertz CT molecular complexity index is 309. The van der Waals surface area contributed by atoms with Gasteiger partial charge in [0.15, 0.2) is 0 Å². The van der Waals surface area contributed by atoms with Crippen LogP contribution in [0.5, 0.6) is 0 Å². The summed E-state index contributed by atoms with van der Waals surface area (Å²) in [6, 6.07) is -0.818. The molecule has 0 spiro atoms. The summed E-state index contributed by atoms with van der Waals surface area (Å²) in [4.78, 5) is 25.1. The Morgan fingerprint density at radius 3 is 2.72 bits per heavy atom. The van der Waals surface area contributed by atoms with Gasteiger partial charge in [0.2, 0.25) is 5.91 Å². The summed E-state index contributed by atoms with van der Waals surface area (Å²) >= 11 is 0. The first-order valence-electron chi connectivity index (χ1n) is 6.46. The van der Waals surface area contributed by atoms with Crippen LogP contribution in [0.15, 0.2) is 0 Å². The van der Waals surface area contributed by atoms with Gasteiger partial charge in [0, 0.05) is 19.6 Å². The maximum absolute atomic E-state index is 11.8. The number of aliphatic hydroxyl groups excluding tert-OH is 1. The summed E-state index contributed by atoms with van der Waals surface area (Å²) in [5.74, 6) is -0.150. The van der Waals surface area contributed by atoms with E-state index in [0.29, 0.717) is 26.1 Å². The van der Waals surface area contributed by atoms with Gasteiger partial charge in [0.1, 0.15) is 0 Å². The lowest BCUT2D eigenvalue weighted by Gasteiger charge is -2.37. The van der Waals surface area contributed by atoms with Gasteiger partial charge in [-0.3, -0.25) is 15.0 Å². The van der Waals surface area contributed by atoms with E-state index in [2.05, 4.69) is 10.6 Å². The third kappa shape index (κ3) is 3.96. The van der Waals surface area contributed by atoms with Crippen LogP contribution in [0.4, 0.5) is 4.79 Å². The van der Waals surface area contributed by atoms with Gasteiger partial charge in [0.05, 0.1) is 12.1 Å². The van der Waals surface area contributed by atoms with Gasteiger partial charge < -0.3 is 10.4 Å². The van der Waals surface area contributed by atoms with Gasteiger partial charge in [-0.25, -0.2) is 4.79 Å². The molecule has 3 N–H and O–H groups in total. The number of amides is 3. The van der Waals surface area contributed by atoms with Crippen molar-refractivity contribution in [3.05, 3.63) is 0 Å². The van der Waals surface area contributed by atoms with Crippen molar-refractivity contribution in [3.8, 4) is 0 Å². The van der Waals surface area contributed by atoms with Crippen molar-refractivity contribution in [1.82, 2.24) is 15.5 Å². The molecule has 1 rings (SSSR count). The molecule has 0 aromatic rings. The van der Waals surface area contributed by atoms with E-state index < -0.39 is 6.03 Å². The van der Waals surface area contributed by atoms with Crippen LogP contribution in [-0.4, -0.2) is 53.7 Å². The number of hydrogen-bond donors (Lipinski definition) is 3. The monoisotopic (exact) mass is 257 g/mol. The Morgan fingerprint density at radius 1 is 1.50 bits per heavy atom. The molecule has 1 fully saturated rings. The van der Waals surface area contributed by atoms with Crippen molar-refractivity contribution in [3.63, 3.8) is 0 Å². The summed E-state index contributed by atoms with van der Waals surface area (Å²) in [5, 5.41) is 14.5. The number of carbonyl (C=O) groups excluding carboxylic acids is 2. The van der Waals surface area contributed by atoms with Crippen LogP contribution in [0.25, 0.3) is 0 Å². The van der Waals surface area contributed by atoms with Crippen molar-refractivity contribution in [1.29, 1.82) is 0 Å². The predicted octanol–water partition coefficient (Wildman–Crippen LogP) is -0.0767. The number of imide groups is 1. The van der Waals surface area contributed by atoms with Crippen LogP contribution in [0.1, 0.15) is 27.2 Å². The van der Waals surface area contributed by atoms with E-state index in [1.807, 2.05) is 11.8 Å². The molecule has 3 amide bonds. The number of likely N-dealkylation sites (tertiary alicyclic amines) is 1. The van der Waals surface area contributed by atoms with Gasteiger partial charge in [-0.05, 0) is 26.2 Å². The molecule has 0 saturated carbocycles. The van der Waals surface area contributed by atoms with Crippen molar-refractivity contribution >= 4 is 11.9 Å². The Hall–Kier alpha value is -1.14. The first-order chi connectivity index (χ1) is 8.45. The molecule has 3 unspecified atom stereocenters. The van der Waals surface area contributed by atoms with Crippen LogP contribution < -0.4 is 10.6 Å². The second-order valence-electron chi connectivity index (χ2n) is 4.85. The summed E-state index contributed by atoms with van der Waals surface area (Å²) in [5.41, 5.74) is 0. The van der Waals surface area contributed by atoms with Crippen LogP contribution >= 0.6 is 0 Å². The van der Waals surface area contributed by atoms with E-state index in [-0.39, 0.29) is 24.0 Å². The van der Waals surface area contributed by atoms with Crippen molar-refractivity contribution in [2.75, 3.05) is 19.6 Å². The normalized spacial score (nSPS) is 26.4. The molecule has 0 aliphatic carbocycles. The molecular formula is C12H23N3O3. The molecular weight excluding hydrogens is 234 g/mol. The zero-order valence-electron chi connectivity index (χ0n) is 11.3. The highest BCUT2D eigenvalue weighted by Gasteiger charge is 2.30. The van der Waals surface area contributed by atoms with Crippen LogP contribution in [-0.2, 0) is 4.79 Å². The Kier molecular flexibility index (Phi) is 5.55. The van der Waals surface area contributed by atoms with E-state index in [0.717, 1.165) is 0 Å². The molecule has 0 bridgehead atoms. The number of nitrogens with zero attached hydrogens (tertiary/aromatic N) is 1. The zero-order valence-corrected chi connectivity index (χ0v) is 11.3. The summed E-state index contributed by atoms with van der Waals surface area (Å²) in [6.07, 6.45) is 0.375. The second kappa shape index (κ2) is 6.70. The minimum atomic E-state index is -0.459. The summed E-state index contributed by atoms with van der Waals surface area (Å²) in [6.45, 7) is 7.37. The Balaban J connectivity index is 2.46. The highest BCUT2D eigenvalue weighted by molar-refractivity contribution is 5.96. The Morgan fingerprint density at radius 2 is 2.17 bits per heavy atom.